The molecule has 5 nitrogen and oxygen atoms in total. The SMILES string of the molecule is CCOc1ccc(CCC(=O)Nc2sc(C)c(-c3ccc(Br)cc3)c2C(=O)OC)cc1. The average molecular weight is 502 g/mol. The number of aryl methyl sites for hydroxylation is 2. The maximum atomic E-state index is 12.6. The Kier molecular flexibility index (Phi) is 7.87. The van der Waals surface area contributed by atoms with Crippen LogP contribution in [0.25, 0.3) is 11.1 Å². The average Bonchev–Trinajstić information content (AvgIpc) is 3.09. The van der Waals surface area contributed by atoms with Crippen molar-refractivity contribution in [1.82, 2.24) is 0 Å². The van der Waals surface area contributed by atoms with Crippen molar-refractivity contribution >= 4 is 44.1 Å². The van der Waals surface area contributed by atoms with E-state index in [1.165, 1.54) is 18.4 Å². The highest BCUT2D eigenvalue weighted by Crippen LogP contribution is 2.40. The van der Waals surface area contributed by atoms with Crippen LogP contribution >= 0.6 is 27.3 Å². The zero-order chi connectivity index (χ0) is 22.4. The third-order valence-corrected chi connectivity index (χ3v) is 6.28. The standard InChI is InChI=1S/C24H24BrNO4S/c1-4-30-19-12-5-16(6-13-19)7-14-20(27)26-23-22(24(28)29-3)21(15(2)31-23)17-8-10-18(25)11-9-17/h5-6,8-13H,4,7,14H2,1-3H3,(H,26,27). The molecule has 31 heavy (non-hydrogen) atoms. The lowest BCUT2D eigenvalue weighted by Gasteiger charge is -2.09. The number of nitrogens with one attached hydrogen (secondary N) is 1. The monoisotopic (exact) mass is 501 g/mol. The van der Waals surface area contributed by atoms with Crippen molar-refractivity contribution in [1.29, 1.82) is 0 Å². The highest BCUT2D eigenvalue weighted by Gasteiger charge is 2.25. The summed E-state index contributed by atoms with van der Waals surface area (Å²) < 4.78 is 11.4. The highest BCUT2D eigenvalue weighted by molar-refractivity contribution is 9.10. The topological polar surface area (TPSA) is 64.6 Å². The summed E-state index contributed by atoms with van der Waals surface area (Å²) in [4.78, 5) is 26.1. The van der Waals surface area contributed by atoms with Crippen LogP contribution in [0.5, 0.6) is 5.75 Å². The van der Waals surface area contributed by atoms with Crippen molar-refractivity contribution in [3.05, 3.63) is 69.0 Å². The molecular formula is C24H24BrNO4S. The number of halogens is 1. The molecule has 7 heteroatoms. The van der Waals surface area contributed by atoms with E-state index >= 15 is 0 Å². The Balaban J connectivity index is 1.77. The number of hydrogen-bond acceptors (Lipinski definition) is 5. The molecule has 0 aliphatic rings. The quantitative estimate of drug-likeness (QED) is 0.370. The molecule has 1 aromatic heterocycles. The van der Waals surface area contributed by atoms with Crippen LogP contribution in [0.4, 0.5) is 5.00 Å². The number of rotatable bonds is 8. The fourth-order valence-electron chi connectivity index (χ4n) is 3.26. The number of methoxy groups -OCH3 is 1. The predicted octanol–water partition coefficient (Wildman–Crippen LogP) is 6.24. The minimum atomic E-state index is -0.468. The Morgan fingerprint density at radius 2 is 1.74 bits per heavy atom. The second-order valence-corrected chi connectivity index (χ2v) is 9.00. The van der Waals surface area contributed by atoms with Gasteiger partial charge in [-0.15, -0.1) is 11.3 Å². The van der Waals surface area contributed by atoms with E-state index in [4.69, 9.17) is 9.47 Å². The molecule has 0 bridgehead atoms. The van der Waals surface area contributed by atoms with Gasteiger partial charge < -0.3 is 14.8 Å². The van der Waals surface area contributed by atoms with Gasteiger partial charge in [0.25, 0.3) is 0 Å². The van der Waals surface area contributed by atoms with Gasteiger partial charge in [-0.2, -0.15) is 0 Å². The van der Waals surface area contributed by atoms with Crippen LogP contribution in [0, 0.1) is 6.92 Å². The zero-order valence-corrected chi connectivity index (χ0v) is 20.1. The summed E-state index contributed by atoms with van der Waals surface area (Å²) >= 11 is 4.81. The van der Waals surface area contributed by atoms with Crippen LogP contribution in [0.2, 0.25) is 0 Å². The first kappa shape index (κ1) is 23.0. The molecule has 0 fully saturated rings. The first-order valence-electron chi connectivity index (χ1n) is 9.92. The molecule has 1 heterocycles. The number of amides is 1. The van der Waals surface area contributed by atoms with Crippen molar-refractivity contribution in [3.8, 4) is 16.9 Å². The molecular weight excluding hydrogens is 478 g/mol. The van der Waals surface area contributed by atoms with E-state index in [0.29, 0.717) is 30.0 Å². The van der Waals surface area contributed by atoms with Crippen molar-refractivity contribution in [2.24, 2.45) is 0 Å². The molecule has 0 spiro atoms. The Labute approximate surface area is 194 Å². The largest absolute Gasteiger partial charge is 0.494 e. The summed E-state index contributed by atoms with van der Waals surface area (Å²) in [5, 5.41) is 3.43. The number of benzene rings is 2. The lowest BCUT2D eigenvalue weighted by atomic mass is 10.0. The first-order valence-corrected chi connectivity index (χ1v) is 11.5. The van der Waals surface area contributed by atoms with Crippen LogP contribution in [-0.2, 0) is 16.0 Å². The van der Waals surface area contributed by atoms with Crippen LogP contribution in [0.3, 0.4) is 0 Å². The molecule has 0 aliphatic carbocycles. The van der Waals surface area contributed by atoms with E-state index in [1.54, 1.807) is 0 Å². The van der Waals surface area contributed by atoms with Crippen LogP contribution in [-0.4, -0.2) is 25.6 Å². The normalized spacial score (nSPS) is 10.6. The van der Waals surface area contributed by atoms with E-state index in [-0.39, 0.29) is 5.91 Å². The van der Waals surface area contributed by atoms with Crippen LogP contribution in [0.15, 0.2) is 53.0 Å². The van der Waals surface area contributed by atoms with Gasteiger partial charge in [-0.3, -0.25) is 4.79 Å². The molecule has 0 saturated carbocycles. The Hall–Kier alpha value is -2.64. The maximum Gasteiger partial charge on any atom is 0.341 e. The fraction of sp³-hybridized carbons (Fsp3) is 0.250. The van der Waals surface area contributed by atoms with Crippen molar-refractivity contribution in [2.75, 3.05) is 19.0 Å². The minimum absolute atomic E-state index is 0.150. The molecule has 1 N–H and O–H groups in total. The Morgan fingerprint density at radius 3 is 2.35 bits per heavy atom. The van der Waals surface area contributed by atoms with Gasteiger partial charge >= 0.3 is 5.97 Å². The molecule has 1 amide bonds. The lowest BCUT2D eigenvalue weighted by Crippen LogP contribution is -2.14. The molecule has 0 saturated heterocycles. The van der Waals surface area contributed by atoms with Gasteiger partial charge in [0.15, 0.2) is 0 Å². The summed E-state index contributed by atoms with van der Waals surface area (Å²) in [6.45, 7) is 4.49. The van der Waals surface area contributed by atoms with Gasteiger partial charge in [0.05, 0.1) is 13.7 Å². The molecule has 3 aromatic rings. The number of carbonyl (C=O) groups excluding carboxylic acids is 2. The minimum Gasteiger partial charge on any atom is -0.494 e. The molecule has 2 aromatic carbocycles. The van der Waals surface area contributed by atoms with Gasteiger partial charge in [-0.25, -0.2) is 4.79 Å². The van der Waals surface area contributed by atoms with E-state index in [1.807, 2.05) is 62.4 Å². The molecule has 0 atom stereocenters. The summed E-state index contributed by atoms with van der Waals surface area (Å²) in [6.07, 6.45) is 0.898. The summed E-state index contributed by atoms with van der Waals surface area (Å²) in [5.74, 6) is 0.194. The van der Waals surface area contributed by atoms with Crippen molar-refractivity contribution in [3.63, 3.8) is 0 Å². The van der Waals surface area contributed by atoms with Crippen molar-refractivity contribution in [2.45, 2.75) is 26.7 Å². The zero-order valence-electron chi connectivity index (χ0n) is 17.7. The van der Waals surface area contributed by atoms with Gasteiger partial charge in [-0.05, 0) is 55.7 Å². The Morgan fingerprint density at radius 1 is 1.06 bits per heavy atom. The van der Waals surface area contributed by atoms with Crippen LogP contribution in [0.1, 0.15) is 34.1 Å². The molecule has 162 valence electrons. The van der Waals surface area contributed by atoms with E-state index in [9.17, 15) is 9.59 Å². The second-order valence-electron chi connectivity index (χ2n) is 6.86. The third kappa shape index (κ3) is 5.74. The number of carbonyl (C=O) groups is 2. The summed E-state index contributed by atoms with van der Waals surface area (Å²) in [5.41, 5.74) is 3.12. The van der Waals surface area contributed by atoms with Gasteiger partial charge in [0, 0.05) is 21.3 Å². The van der Waals surface area contributed by atoms with Gasteiger partial charge in [0.2, 0.25) is 5.91 Å². The highest BCUT2D eigenvalue weighted by atomic mass is 79.9. The third-order valence-electron chi connectivity index (χ3n) is 4.73. The molecule has 0 radical (unpaired) electrons. The first-order chi connectivity index (χ1) is 14.9. The second kappa shape index (κ2) is 10.6. The van der Waals surface area contributed by atoms with E-state index < -0.39 is 5.97 Å². The van der Waals surface area contributed by atoms with Crippen LogP contribution < -0.4 is 10.1 Å². The number of ether oxygens (including phenoxy) is 2. The number of thiophene rings is 1. The fourth-order valence-corrected chi connectivity index (χ4v) is 4.60. The number of esters is 1. The Bertz CT molecular complexity index is 1060. The van der Waals surface area contributed by atoms with E-state index in [0.717, 1.165) is 31.8 Å². The molecule has 0 aliphatic heterocycles. The van der Waals surface area contributed by atoms with Gasteiger partial charge in [0.1, 0.15) is 16.3 Å². The molecule has 0 unspecified atom stereocenters. The van der Waals surface area contributed by atoms with Gasteiger partial charge in [-0.1, -0.05) is 40.2 Å². The molecule has 3 rings (SSSR count). The number of anilines is 1. The lowest BCUT2D eigenvalue weighted by molar-refractivity contribution is -0.116. The maximum absolute atomic E-state index is 12.6. The number of hydrogen-bond donors (Lipinski definition) is 1. The summed E-state index contributed by atoms with van der Waals surface area (Å²) in [7, 11) is 1.35. The smallest absolute Gasteiger partial charge is 0.341 e. The van der Waals surface area contributed by atoms with Crippen molar-refractivity contribution < 1.29 is 19.1 Å². The van der Waals surface area contributed by atoms with E-state index in [2.05, 4.69) is 21.2 Å². The summed E-state index contributed by atoms with van der Waals surface area (Å²) in [6, 6.07) is 15.4. The predicted molar refractivity (Wildman–Crippen MR) is 128 cm³/mol.